The summed E-state index contributed by atoms with van der Waals surface area (Å²) < 4.78 is 3.79. The third kappa shape index (κ3) is 3.93. The molecule has 4 heterocycles. The Morgan fingerprint density at radius 3 is 2.55 bits per heavy atom. The Labute approximate surface area is 181 Å². The predicted molar refractivity (Wildman–Crippen MR) is 124 cm³/mol. The predicted octanol–water partition coefficient (Wildman–Crippen LogP) is 2.83. The van der Waals surface area contributed by atoms with Crippen molar-refractivity contribution in [3.63, 3.8) is 0 Å². The van der Waals surface area contributed by atoms with Crippen LogP contribution in [0, 0.1) is 0 Å². The third-order valence-corrected chi connectivity index (χ3v) is 6.16. The zero-order valence-corrected chi connectivity index (χ0v) is 18.2. The number of anilines is 1. The Morgan fingerprint density at radius 1 is 0.968 bits per heavy atom. The molecule has 1 aliphatic heterocycles. The molecular weight excluding hydrogens is 388 g/mol. The molecule has 1 fully saturated rings. The number of allylic oxidation sites excluding steroid dienone is 4. The number of aryl methyl sites for hydroxylation is 1. The molecule has 0 aromatic carbocycles. The summed E-state index contributed by atoms with van der Waals surface area (Å²) in [5.74, 6) is 1.84. The first-order chi connectivity index (χ1) is 15.1. The molecule has 0 saturated carbocycles. The van der Waals surface area contributed by atoms with Gasteiger partial charge in [0.15, 0.2) is 5.65 Å². The number of hydrogen-bond donors (Lipinski definition) is 0. The van der Waals surface area contributed by atoms with Gasteiger partial charge in [-0.3, -0.25) is 4.79 Å². The van der Waals surface area contributed by atoms with Crippen molar-refractivity contribution in [1.82, 2.24) is 24.0 Å². The van der Waals surface area contributed by atoms with Crippen molar-refractivity contribution in [2.24, 2.45) is 7.05 Å². The first kappa shape index (κ1) is 19.8. The summed E-state index contributed by atoms with van der Waals surface area (Å²) in [6.45, 7) is 4.75. The number of nitrogens with zero attached hydrogens (tertiary/aromatic N) is 6. The van der Waals surface area contributed by atoms with Gasteiger partial charge in [-0.2, -0.15) is 0 Å². The highest BCUT2D eigenvalue weighted by atomic mass is 16.1. The van der Waals surface area contributed by atoms with E-state index < -0.39 is 0 Å². The van der Waals surface area contributed by atoms with E-state index >= 15 is 0 Å². The van der Waals surface area contributed by atoms with E-state index in [9.17, 15) is 4.79 Å². The van der Waals surface area contributed by atoms with E-state index in [1.165, 1.54) is 5.57 Å². The lowest BCUT2D eigenvalue weighted by Gasteiger charge is -2.33. The van der Waals surface area contributed by atoms with Crippen molar-refractivity contribution in [3.05, 3.63) is 64.6 Å². The van der Waals surface area contributed by atoms with Gasteiger partial charge in [0.25, 0.3) is 0 Å². The summed E-state index contributed by atoms with van der Waals surface area (Å²) >= 11 is 0. The van der Waals surface area contributed by atoms with Crippen LogP contribution in [-0.4, -0.2) is 57.2 Å². The summed E-state index contributed by atoms with van der Waals surface area (Å²) in [5, 5.41) is 0. The molecule has 1 saturated heterocycles. The normalized spacial score (nSPS) is 17.4. The minimum atomic E-state index is -0.0280. The number of piperazine rings is 1. The highest BCUT2D eigenvalue weighted by Crippen LogP contribution is 2.27. The zero-order valence-electron chi connectivity index (χ0n) is 18.2. The average molecular weight is 417 g/mol. The van der Waals surface area contributed by atoms with E-state index in [4.69, 9.17) is 9.97 Å². The molecule has 1 aliphatic carbocycles. The largest absolute Gasteiger partial charge is 0.354 e. The summed E-state index contributed by atoms with van der Waals surface area (Å²) in [6, 6.07) is 7.60. The number of likely N-dealkylation sites (N-methyl/N-ethyl adjacent to an activating group) is 1. The van der Waals surface area contributed by atoms with Crippen LogP contribution < -0.4 is 10.5 Å². The second-order valence-corrected chi connectivity index (χ2v) is 8.45. The van der Waals surface area contributed by atoms with E-state index in [0.717, 1.165) is 67.4 Å². The molecule has 0 N–H and O–H groups in total. The van der Waals surface area contributed by atoms with Crippen LogP contribution in [-0.2, 0) is 13.6 Å². The van der Waals surface area contributed by atoms with Crippen LogP contribution in [0.25, 0.3) is 22.6 Å². The summed E-state index contributed by atoms with van der Waals surface area (Å²) in [7, 11) is 3.93. The van der Waals surface area contributed by atoms with Gasteiger partial charge in [0.2, 0.25) is 5.56 Å². The lowest BCUT2D eigenvalue weighted by molar-refractivity contribution is 0.312. The minimum Gasteiger partial charge on any atom is -0.354 e. The highest BCUT2D eigenvalue weighted by Gasteiger charge is 2.19. The Balaban J connectivity index is 1.62. The first-order valence-electron chi connectivity index (χ1n) is 10.9. The van der Waals surface area contributed by atoms with E-state index in [2.05, 4.69) is 51.8 Å². The van der Waals surface area contributed by atoms with Crippen LogP contribution in [0.5, 0.6) is 0 Å². The number of imidazole rings is 1. The van der Waals surface area contributed by atoms with Crippen LogP contribution in [0.1, 0.15) is 12.8 Å². The van der Waals surface area contributed by atoms with Crippen molar-refractivity contribution in [3.8, 4) is 11.4 Å². The van der Waals surface area contributed by atoms with Crippen LogP contribution in [0.4, 0.5) is 5.82 Å². The number of aromatic nitrogens is 4. The van der Waals surface area contributed by atoms with Crippen molar-refractivity contribution >= 4 is 17.0 Å². The highest BCUT2D eigenvalue weighted by molar-refractivity contribution is 5.79. The molecule has 2 aliphatic rings. The molecule has 3 aromatic rings. The maximum Gasteiger partial charge on any atom is 0.250 e. The standard InChI is InChI=1S/C24H28N6O/c1-27-12-14-29(15-13-27)21-10-9-20-24(26-21)30(16-18-6-4-3-5-7-18)23(25-20)19-8-11-22(31)28(2)17-19/h4,6-11,17H,3,5,12-16H2,1-2H3. The summed E-state index contributed by atoms with van der Waals surface area (Å²) in [5.41, 5.74) is 3.92. The molecule has 3 aromatic heterocycles. The molecule has 160 valence electrons. The van der Waals surface area contributed by atoms with Crippen LogP contribution in [0.3, 0.4) is 0 Å². The zero-order chi connectivity index (χ0) is 21.4. The smallest absolute Gasteiger partial charge is 0.250 e. The maximum absolute atomic E-state index is 11.9. The first-order valence-corrected chi connectivity index (χ1v) is 10.9. The number of pyridine rings is 2. The number of fused-ring (bicyclic) bond motifs is 1. The van der Waals surface area contributed by atoms with E-state index in [1.807, 2.05) is 12.3 Å². The molecule has 0 radical (unpaired) electrons. The SMILES string of the molecule is CN1CCN(c2ccc3nc(-c4ccc(=O)n(C)c4)n(CC4=CCCC=C4)c3n2)CC1. The summed E-state index contributed by atoms with van der Waals surface area (Å²) in [4.78, 5) is 26.6. The average Bonchev–Trinajstić information content (AvgIpc) is 3.14. The minimum absolute atomic E-state index is 0.0280. The fourth-order valence-corrected chi connectivity index (χ4v) is 4.27. The van der Waals surface area contributed by atoms with Gasteiger partial charge < -0.3 is 18.9 Å². The third-order valence-electron chi connectivity index (χ3n) is 6.16. The van der Waals surface area contributed by atoms with Gasteiger partial charge in [-0.15, -0.1) is 0 Å². The van der Waals surface area contributed by atoms with Crippen molar-refractivity contribution in [2.75, 3.05) is 38.1 Å². The second-order valence-electron chi connectivity index (χ2n) is 8.45. The Hall–Kier alpha value is -3.19. The maximum atomic E-state index is 11.9. The molecule has 0 amide bonds. The fraction of sp³-hybridized carbons (Fsp3) is 0.375. The molecule has 0 atom stereocenters. The van der Waals surface area contributed by atoms with E-state index in [0.29, 0.717) is 6.54 Å². The number of hydrogen-bond acceptors (Lipinski definition) is 5. The van der Waals surface area contributed by atoms with Gasteiger partial charge in [-0.25, -0.2) is 9.97 Å². The van der Waals surface area contributed by atoms with Gasteiger partial charge in [-0.1, -0.05) is 18.2 Å². The van der Waals surface area contributed by atoms with Crippen molar-refractivity contribution in [1.29, 1.82) is 0 Å². The van der Waals surface area contributed by atoms with Gasteiger partial charge in [-0.05, 0) is 43.7 Å². The second kappa shape index (κ2) is 8.15. The molecule has 7 nitrogen and oxygen atoms in total. The Bertz CT molecular complexity index is 1230. The molecule has 7 heteroatoms. The van der Waals surface area contributed by atoms with Gasteiger partial charge >= 0.3 is 0 Å². The van der Waals surface area contributed by atoms with E-state index in [1.54, 1.807) is 17.7 Å². The van der Waals surface area contributed by atoms with Crippen LogP contribution in [0.15, 0.2) is 59.1 Å². The lowest BCUT2D eigenvalue weighted by atomic mass is 10.1. The molecule has 31 heavy (non-hydrogen) atoms. The molecule has 0 spiro atoms. The summed E-state index contributed by atoms with van der Waals surface area (Å²) in [6.07, 6.45) is 10.7. The molecular formula is C24H28N6O. The Morgan fingerprint density at radius 2 is 1.81 bits per heavy atom. The Kier molecular flexibility index (Phi) is 5.19. The fourth-order valence-electron chi connectivity index (χ4n) is 4.27. The quantitative estimate of drug-likeness (QED) is 0.655. The van der Waals surface area contributed by atoms with Crippen molar-refractivity contribution in [2.45, 2.75) is 19.4 Å². The molecule has 5 rings (SSSR count). The van der Waals surface area contributed by atoms with Gasteiger partial charge in [0.05, 0.1) is 6.54 Å². The topological polar surface area (TPSA) is 59.2 Å². The number of rotatable bonds is 4. The van der Waals surface area contributed by atoms with Crippen LogP contribution in [0.2, 0.25) is 0 Å². The van der Waals surface area contributed by atoms with Crippen molar-refractivity contribution < 1.29 is 0 Å². The van der Waals surface area contributed by atoms with Gasteiger partial charge in [0.1, 0.15) is 17.2 Å². The van der Waals surface area contributed by atoms with E-state index in [-0.39, 0.29) is 5.56 Å². The van der Waals surface area contributed by atoms with Gasteiger partial charge in [0, 0.05) is 51.1 Å². The molecule has 0 unspecified atom stereocenters. The van der Waals surface area contributed by atoms with Crippen LogP contribution >= 0.6 is 0 Å². The lowest BCUT2D eigenvalue weighted by Crippen LogP contribution is -2.44. The monoisotopic (exact) mass is 416 g/mol. The molecule has 0 bridgehead atoms.